The molecule has 0 saturated heterocycles. The van der Waals surface area contributed by atoms with E-state index in [4.69, 9.17) is 4.42 Å². The van der Waals surface area contributed by atoms with Crippen molar-refractivity contribution in [2.75, 3.05) is 5.32 Å². The first-order chi connectivity index (χ1) is 10.9. The lowest BCUT2D eigenvalue weighted by atomic mass is 10.0. The van der Waals surface area contributed by atoms with Crippen molar-refractivity contribution >= 4 is 33.3 Å². The maximum atomic E-state index is 12.1. The van der Waals surface area contributed by atoms with Crippen LogP contribution in [0.25, 0.3) is 11.0 Å². The Bertz CT molecular complexity index is 958. The van der Waals surface area contributed by atoms with Gasteiger partial charge in [-0.05, 0) is 31.5 Å². The summed E-state index contributed by atoms with van der Waals surface area (Å²) in [5.41, 5.74) is 1.51. The Balaban J connectivity index is 1.92. The molecule has 0 aliphatic carbocycles. The minimum Gasteiger partial charge on any atom is -0.508 e. The van der Waals surface area contributed by atoms with E-state index >= 15 is 0 Å². The Kier molecular flexibility index (Phi) is 3.87. The summed E-state index contributed by atoms with van der Waals surface area (Å²) < 4.78 is 5.20. The van der Waals surface area contributed by atoms with Crippen LogP contribution < -0.4 is 10.9 Å². The average molecular weight is 330 g/mol. The average Bonchev–Trinajstić information content (AvgIpc) is 2.88. The van der Waals surface area contributed by atoms with E-state index in [0.29, 0.717) is 27.2 Å². The molecule has 1 amide bonds. The van der Waals surface area contributed by atoms with Gasteiger partial charge < -0.3 is 14.8 Å². The molecule has 2 N–H and O–H groups in total. The quantitative estimate of drug-likeness (QED) is 0.720. The number of carbonyl (C=O) groups excluding carboxylic acids is 1. The van der Waals surface area contributed by atoms with Crippen LogP contribution in [0, 0.1) is 13.8 Å². The number of phenolic OH excluding ortho intramolecular Hbond substituents is 1. The number of nitrogens with one attached hydrogen (secondary N) is 1. The van der Waals surface area contributed by atoms with Crippen molar-refractivity contribution < 1.29 is 14.3 Å². The van der Waals surface area contributed by atoms with Crippen molar-refractivity contribution in [2.24, 2.45) is 0 Å². The van der Waals surface area contributed by atoms with Gasteiger partial charge in [-0.15, -0.1) is 11.3 Å². The van der Waals surface area contributed by atoms with Crippen LogP contribution in [-0.2, 0) is 11.2 Å². The van der Waals surface area contributed by atoms with E-state index in [9.17, 15) is 14.7 Å². The fourth-order valence-electron chi connectivity index (χ4n) is 2.32. The largest absolute Gasteiger partial charge is 0.508 e. The normalized spacial score (nSPS) is 10.9. The third kappa shape index (κ3) is 3.09. The SMILES string of the molecule is Cc1csc(NC(=O)Cc2c(C)c3ccc(O)cc3oc2=O)n1. The van der Waals surface area contributed by atoms with E-state index in [1.807, 2.05) is 12.3 Å². The Morgan fingerprint density at radius 1 is 1.39 bits per heavy atom. The molecule has 1 aromatic carbocycles. The van der Waals surface area contributed by atoms with Crippen LogP contribution in [0.15, 0.2) is 32.8 Å². The zero-order valence-corrected chi connectivity index (χ0v) is 13.4. The predicted octanol–water partition coefficient (Wildman–Crippen LogP) is 2.75. The van der Waals surface area contributed by atoms with Crippen molar-refractivity contribution in [3.8, 4) is 5.75 Å². The molecule has 0 aliphatic heterocycles. The van der Waals surface area contributed by atoms with Crippen molar-refractivity contribution in [1.29, 1.82) is 0 Å². The fourth-order valence-corrected chi connectivity index (χ4v) is 3.03. The van der Waals surface area contributed by atoms with E-state index in [1.165, 1.54) is 23.5 Å². The smallest absolute Gasteiger partial charge is 0.340 e. The number of hydrogen-bond donors (Lipinski definition) is 2. The van der Waals surface area contributed by atoms with E-state index in [2.05, 4.69) is 10.3 Å². The van der Waals surface area contributed by atoms with Crippen molar-refractivity contribution in [3.05, 3.63) is 50.8 Å². The summed E-state index contributed by atoms with van der Waals surface area (Å²) in [6.45, 7) is 3.59. The van der Waals surface area contributed by atoms with Crippen LogP contribution in [0.1, 0.15) is 16.8 Å². The summed E-state index contributed by atoms with van der Waals surface area (Å²) in [7, 11) is 0. The van der Waals surface area contributed by atoms with Gasteiger partial charge >= 0.3 is 5.63 Å². The summed E-state index contributed by atoms with van der Waals surface area (Å²) in [6.07, 6.45) is -0.0936. The molecule has 23 heavy (non-hydrogen) atoms. The molecular weight excluding hydrogens is 316 g/mol. The molecule has 0 bridgehead atoms. The van der Waals surface area contributed by atoms with Crippen LogP contribution >= 0.6 is 11.3 Å². The van der Waals surface area contributed by atoms with Crippen LogP contribution in [0.4, 0.5) is 5.13 Å². The molecule has 118 valence electrons. The van der Waals surface area contributed by atoms with Gasteiger partial charge in [0.25, 0.3) is 0 Å². The van der Waals surface area contributed by atoms with Gasteiger partial charge in [0, 0.05) is 16.8 Å². The number of amides is 1. The third-order valence-corrected chi connectivity index (χ3v) is 4.35. The van der Waals surface area contributed by atoms with Crippen molar-refractivity contribution in [2.45, 2.75) is 20.3 Å². The number of hydrogen-bond acceptors (Lipinski definition) is 6. The number of carbonyl (C=O) groups is 1. The predicted molar refractivity (Wildman–Crippen MR) is 88.1 cm³/mol. The summed E-state index contributed by atoms with van der Waals surface area (Å²) in [4.78, 5) is 28.4. The monoisotopic (exact) mass is 330 g/mol. The van der Waals surface area contributed by atoms with Crippen LogP contribution in [-0.4, -0.2) is 16.0 Å². The van der Waals surface area contributed by atoms with E-state index < -0.39 is 5.63 Å². The van der Waals surface area contributed by atoms with Crippen LogP contribution in [0.3, 0.4) is 0 Å². The fraction of sp³-hybridized carbons (Fsp3) is 0.188. The highest BCUT2D eigenvalue weighted by atomic mass is 32.1. The second-order valence-corrected chi connectivity index (χ2v) is 6.05. The first-order valence-electron chi connectivity index (χ1n) is 6.91. The standard InChI is InChI=1S/C16H14N2O4S/c1-8-7-23-16(17-8)18-14(20)6-12-9(2)11-4-3-10(19)5-13(11)22-15(12)21/h3-5,7,19H,6H2,1-2H3,(H,17,18,20). The molecule has 0 saturated carbocycles. The number of fused-ring (bicyclic) bond motifs is 1. The first kappa shape index (κ1) is 15.2. The summed E-state index contributed by atoms with van der Waals surface area (Å²) >= 11 is 1.33. The Morgan fingerprint density at radius 2 is 2.17 bits per heavy atom. The lowest BCUT2D eigenvalue weighted by Gasteiger charge is -2.07. The molecule has 0 fully saturated rings. The van der Waals surface area contributed by atoms with Gasteiger partial charge in [-0.3, -0.25) is 4.79 Å². The highest BCUT2D eigenvalue weighted by Gasteiger charge is 2.16. The number of aromatic nitrogens is 1. The second kappa shape index (κ2) is 5.85. The third-order valence-electron chi connectivity index (χ3n) is 3.47. The topological polar surface area (TPSA) is 92.4 Å². The minimum atomic E-state index is -0.578. The van der Waals surface area contributed by atoms with E-state index in [-0.39, 0.29) is 18.1 Å². The summed E-state index contributed by atoms with van der Waals surface area (Å²) in [5.74, 6) is -0.308. The van der Waals surface area contributed by atoms with Gasteiger partial charge in [-0.25, -0.2) is 9.78 Å². The van der Waals surface area contributed by atoms with Crippen LogP contribution in [0.5, 0.6) is 5.75 Å². The molecule has 0 aliphatic rings. The van der Waals surface area contributed by atoms with Crippen molar-refractivity contribution in [3.63, 3.8) is 0 Å². The lowest BCUT2D eigenvalue weighted by molar-refractivity contribution is -0.115. The van der Waals surface area contributed by atoms with Crippen molar-refractivity contribution in [1.82, 2.24) is 4.98 Å². The number of rotatable bonds is 3. The molecule has 2 heterocycles. The highest BCUT2D eigenvalue weighted by molar-refractivity contribution is 7.13. The number of anilines is 1. The first-order valence-corrected chi connectivity index (χ1v) is 7.79. The maximum Gasteiger partial charge on any atom is 0.340 e. The highest BCUT2D eigenvalue weighted by Crippen LogP contribution is 2.23. The number of aromatic hydroxyl groups is 1. The number of nitrogens with zero attached hydrogens (tertiary/aromatic N) is 1. The molecule has 2 aromatic heterocycles. The zero-order chi connectivity index (χ0) is 16.6. The molecular formula is C16H14N2O4S. The van der Waals surface area contributed by atoms with Gasteiger partial charge in [0.2, 0.25) is 5.91 Å². The zero-order valence-electron chi connectivity index (χ0n) is 12.5. The van der Waals surface area contributed by atoms with Gasteiger partial charge in [-0.2, -0.15) is 0 Å². The Labute approximate surface area is 135 Å². The lowest BCUT2D eigenvalue weighted by Crippen LogP contribution is -2.20. The van der Waals surface area contributed by atoms with E-state index in [1.54, 1.807) is 13.0 Å². The van der Waals surface area contributed by atoms with Crippen LogP contribution in [0.2, 0.25) is 0 Å². The van der Waals surface area contributed by atoms with E-state index in [0.717, 1.165) is 5.69 Å². The molecule has 0 unspecified atom stereocenters. The maximum absolute atomic E-state index is 12.1. The Morgan fingerprint density at radius 3 is 2.87 bits per heavy atom. The number of benzene rings is 1. The molecule has 3 rings (SSSR count). The molecule has 6 nitrogen and oxygen atoms in total. The molecule has 0 atom stereocenters. The summed E-state index contributed by atoms with van der Waals surface area (Å²) in [5, 5.41) is 15.2. The summed E-state index contributed by atoms with van der Waals surface area (Å²) in [6, 6.07) is 4.55. The second-order valence-electron chi connectivity index (χ2n) is 5.19. The van der Waals surface area contributed by atoms with Gasteiger partial charge in [0.05, 0.1) is 17.7 Å². The molecule has 7 heteroatoms. The number of thiazole rings is 1. The Hall–Kier alpha value is -2.67. The molecule has 3 aromatic rings. The number of aryl methyl sites for hydroxylation is 2. The molecule has 0 radical (unpaired) electrons. The van der Waals surface area contributed by atoms with Gasteiger partial charge in [0.1, 0.15) is 11.3 Å². The van der Waals surface area contributed by atoms with Gasteiger partial charge in [0.15, 0.2) is 5.13 Å². The number of phenols is 1. The molecule has 0 spiro atoms. The minimum absolute atomic E-state index is 0.0182. The van der Waals surface area contributed by atoms with Gasteiger partial charge in [-0.1, -0.05) is 0 Å².